The van der Waals surface area contributed by atoms with E-state index >= 15 is 0 Å². The standard InChI is InChI=1S/2C5H9FO2.C4F10.CF4.2CH3F/c2*1-5(4-6)7-2-3-8-5;5-1(6,3(9,10)11)2(7,8)4(12,13)14;2-1(3,4)5;2*1-2/h2*2-4H2,1H3;;;2*1H3. The molecule has 0 bridgehead atoms. The van der Waals surface area contributed by atoms with Crippen molar-refractivity contribution in [1.29, 1.82) is 0 Å². The van der Waals surface area contributed by atoms with Crippen molar-refractivity contribution in [2.45, 2.75) is 56.0 Å². The second-order valence-electron chi connectivity index (χ2n) is 6.50. The summed E-state index contributed by atoms with van der Waals surface area (Å²) in [5, 5.41) is 0. The summed E-state index contributed by atoms with van der Waals surface area (Å²) in [4.78, 5) is 0. The van der Waals surface area contributed by atoms with Gasteiger partial charge in [0, 0.05) is 0 Å². The molecule has 22 heteroatoms. The van der Waals surface area contributed by atoms with Crippen molar-refractivity contribution in [3.63, 3.8) is 0 Å². The third-order valence-corrected chi connectivity index (χ3v) is 3.39. The maximum Gasteiger partial charge on any atom is 0.559 e. The summed E-state index contributed by atoms with van der Waals surface area (Å²) in [6.07, 6.45) is -19.4. The minimum atomic E-state index is -7.14. The summed E-state index contributed by atoms with van der Waals surface area (Å²) in [6, 6.07) is 0. The Balaban J connectivity index is -0.000000211. The number of ether oxygens (including phenoxy) is 4. The van der Waals surface area contributed by atoms with E-state index in [-0.39, 0.29) is 0 Å². The molecule has 2 rings (SSSR count). The van der Waals surface area contributed by atoms with Gasteiger partial charge in [0.05, 0.1) is 40.8 Å². The zero-order chi connectivity index (χ0) is 32.6. The maximum atomic E-state index is 11.8. The SMILES string of the molecule is CC1(CF)OCCO1.CC1(CF)OCCO1.CF.CF.FC(F)(F)C(F)(F)C(F)(F)C(F)(F)F.FC(F)(F)F. The monoisotopic (exact) mass is 634 g/mol. The van der Waals surface area contributed by atoms with Crippen LogP contribution in [0.4, 0.5) is 79.0 Å². The average Bonchev–Trinajstić information content (AvgIpc) is 3.44. The van der Waals surface area contributed by atoms with Crippen molar-refractivity contribution < 1.29 is 98.0 Å². The van der Waals surface area contributed by atoms with Crippen LogP contribution in [0.2, 0.25) is 0 Å². The first-order valence-corrected chi connectivity index (χ1v) is 9.36. The largest absolute Gasteiger partial charge is 0.559 e. The van der Waals surface area contributed by atoms with Crippen molar-refractivity contribution in [2.75, 3.05) is 54.1 Å². The van der Waals surface area contributed by atoms with Gasteiger partial charge in [-0.15, -0.1) is 17.6 Å². The molecule has 2 saturated heterocycles. The molecule has 2 heterocycles. The molecule has 0 N–H and O–H groups in total. The van der Waals surface area contributed by atoms with Crippen molar-refractivity contribution in [1.82, 2.24) is 0 Å². The zero-order valence-electron chi connectivity index (χ0n) is 20.2. The van der Waals surface area contributed by atoms with Crippen LogP contribution in [0.1, 0.15) is 13.8 Å². The number of halogens is 18. The van der Waals surface area contributed by atoms with Crippen LogP contribution in [0.3, 0.4) is 0 Å². The van der Waals surface area contributed by atoms with Crippen LogP contribution in [0.5, 0.6) is 0 Å². The van der Waals surface area contributed by atoms with Gasteiger partial charge in [-0.3, -0.25) is 8.78 Å². The van der Waals surface area contributed by atoms with Gasteiger partial charge in [0.1, 0.15) is 13.3 Å². The Morgan fingerprint density at radius 3 is 0.692 bits per heavy atom. The van der Waals surface area contributed by atoms with Crippen molar-refractivity contribution in [2.24, 2.45) is 0 Å². The Bertz CT molecular complexity index is 542. The van der Waals surface area contributed by atoms with Crippen molar-refractivity contribution >= 4 is 0 Å². The molecule has 0 amide bonds. The van der Waals surface area contributed by atoms with E-state index in [2.05, 4.69) is 0 Å². The molecule has 4 nitrogen and oxygen atoms in total. The lowest BCUT2D eigenvalue weighted by Gasteiger charge is -2.29. The Morgan fingerprint density at radius 2 is 0.615 bits per heavy atom. The molecule has 0 unspecified atom stereocenters. The fourth-order valence-electron chi connectivity index (χ4n) is 1.62. The molecule has 0 radical (unpaired) electrons. The maximum absolute atomic E-state index is 11.8. The molecule has 2 aliphatic heterocycles. The molecule has 2 aliphatic rings. The molecular formula is C17H24F18O4. The van der Waals surface area contributed by atoms with E-state index in [1.807, 2.05) is 0 Å². The molecule has 0 aromatic rings. The van der Waals surface area contributed by atoms with E-state index in [1.54, 1.807) is 13.8 Å². The van der Waals surface area contributed by atoms with Crippen LogP contribution >= 0.6 is 0 Å². The van der Waals surface area contributed by atoms with Crippen LogP contribution in [0.25, 0.3) is 0 Å². The normalized spacial score (nSPS) is 18.3. The van der Waals surface area contributed by atoms with Crippen LogP contribution in [-0.4, -0.2) is 96.3 Å². The fourth-order valence-corrected chi connectivity index (χ4v) is 1.62. The van der Waals surface area contributed by atoms with E-state index < -0.39 is 55.6 Å². The Kier molecular flexibility index (Phi) is 20.7. The van der Waals surface area contributed by atoms with E-state index in [9.17, 15) is 79.0 Å². The molecule has 2 fully saturated rings. The van der Waals surface area contributed by atoms with Gasteiger partial charge in [0.25, 0.3) is 0 Å². The van der Waals surface area contributed by atoms with Crippen LogP contribution in [-0.2, 0) is 18.9 Å². The topological polar surface area (TPSA) is 36.9 Å². The lowest BCUT2D eigenvalue weighted by Crippen LogP contribution is -2.59. The van der Waals surface area contributed by atoms with Gasteiger partial charge in [-0.2, -0.15) is 43.9 Å². The highest BCUT2D eigenvalue weighted by atomic mass is 19.5. The minimum absolute atomic E-state index is 0.500. The predicted molar refractivity (Wildman–Crippen MR) is 95.8 cm³/mol. The molecule has 0 spiro atoms. The summed E-state index contributed by atoms with van der Waals surface area (Å²) < 4.78 is 214. The number of hydrogen-bond acceptors (Lipinski definition) is 4. The number of hydrogen-bond donors (Lipinski definition) is 0. The van der Waals surface area contributed by atoms with Crippen LogP contribution < -0.4 is 0 Å². The van der Waals surface area contributed by atoms with E-state index in [0.717, 1.165) is 0 Å². The number of alkyl halides is 18. The van der Waals surface area contributed by atoms with Crippen molar-refractivity contribution in [3.05, 3.63) is 0 Å². The highest BCUT2D eigenvalue weighted by molar-refractivity contribution is 4.95. The van der Waals surface area contributed by atoms with E-state index in [4.69, 9.17) is 18.9 Å². The third-order valence-electron chi connectivity index (χ3n) is 3.39. The smallest absolute Gasteiger partial charge is 0.345 e. The van der Waals surface area contributed by atoms with Gasteiger partial charge in [0.2, 0.25) is 0 Å². The van der Waals surface area contributed by atoms with Gasteiger partial charge in [-0.1, -0.05) is 0 Å². The Labute approximate surface area is 209 Å². The molecule has 0 atom stereocenters. The highest BCUT2D eigenvalue weighted by Gasteiger charge is 2.82. The zero-order valence-corrected chi connectivity index (χ0v) is 20.2. The van der Waals surface area contributed by atoms with Gasteiger partial charge in [-0.25, -0.2) is 8.78 Å². The lowest BCUT2D eigenvalue weighted by molar-refractivity contribution is -0.419. The van der Waals surface area contributed by atoms with Gasteiger partial charge < -0.3 is 18.9 Å². The second kappa shape index (κ2) is 18.1. The summed E-state index contributed by atoms with van der Waals surface area (Å²) >= 11 is 0. The lowest BCUT2D eigenvalue weighted by atomic mass is 10.1. The van der Waals surface area contributed by atoms with Gasteiger partial charge in [-0.05, 0) is 13.8 Å². The highest BCUT2D eigenvalue weighted by Crippen LogP contribution is 2.53. The van der Waals surface area contributed by atoms with Gasteiger partial charge in [0.15, 0.2) is 11.6 Å². The summed E-state index contributed by atoms with van der Waals surface area (Å²) in [6.45, 7) is 4.13. The van der Waals surface area contributed by atoms with Crippen LogP contribution in [0, 0.1) is 0 Å². The van der Waals surface area contributed by atoms with E-state index in [0.29, 0.717) is 40.8 Å². The first kappa shape index (κ1) is 44.6. The Hall–Kier alpha value is -1.42. The minimum Gasteiger partial charge on any atom is -0.345 e. The molecular weight excluding hydrogens is 610 g/mol. The summed E-state index contributed by atoms with van der Waals surface area (Å²) in [7, 11) is 1.00. The quantitative estimate of drug-likeness (QED) is 0.302. The van der Waals surface area contributed by atoms with Crippen LogP contribution in [0.15, 0.2) is 0 Å². The third kappa shape index (κ3) is 17.8. The molecule has 0 aliphatic carbocycles. The molecule has 242 valence electrons. The first-order valence-electron chi connectivity index (χ1n) is 9.36. The average molecular weight is 634 g/mol. The first-order chi connectivity index (χ1) is 17.3. The van der Waals surface area contributed by atoms with E-state index in [1.165, 1.54) is 0 Å². The molecule has 0 aromatic carbocycles. The van der Waals surface area contributed by atoms with Crippen molar-refractivity contribution in [3.8, 4) is 0 Å². The molecule has 0 saturated carbocycles. The number of rotatable bonds is 3. The second-order valence-corrected chi connectivity index (χ2v) is 6.50. The summed E-state index contributed by atoms with van der Waals surface area (Å²) in [5.41, 5.74) is 0. The summed E-state index contributed by atoms with van der Waals surface area (Å²) in [5.74, 6) is -16.1. The molecule has 39 heavy (non-hydrogen) atoms. The Morgan fingerprint density at radius 1 is 0.462 bits per heavy atom. The molecule has 0 aromatic heterocycles. The fraction of sp³-hybridized carbons (Fsp3) is 1.00. The predicted octanol–water partition coefficient (Wildman–Crippen LogP) is 7.47. The van der Waals surface area contributed by atoms with Gasteiger partial charge >= 0.3 is 30.6 Å².